The Balaban J connectivity index is 3.18. The molecule has 6 heteroatoms. The van der Waals surface area contributed by atoms with E-state index in [2.05, 4.69) is 0 Å². The lowest BCUT2D eigenvalue weighted by atomic mass is 10.2. The summed E-state index contributed by atoms with van der Waals surface area (Å²) in [5.41, 5.74) is 0.523. The molecule has 0 bridgehead atoms. The van der Waals surface area contributed by atoms with Crippen molar-refractivity contribution in [2.45, 2.75) is 18.7 Å². The summed E-state index contributed by atoms with van der Waals surface area (Å²) in [4.78, 5) is 9.66. The molecule has 0 aromatic heterocycles. The van der Waals surface area contributed by atoms with Crippen LogP contribution in [0.2, 0.25) is 0 Å². The lowest BCUT2D eigenvalue weighted by molar-refractivity contribution is -0.424. The molecule has 16 heavy (non-hydrogen) atoms. The zero-order chi connectivity index (χ0) is 12.3. The predicted molar refractivity (Wildman–Crippen MR) is 59.1 cm³/mol. The number of hydrogen-bond donors (Lipinski definition) is 0. The monoisotopic (exact) mass is 241 g/mol. The number of rotatable bonds is 3. The molecule has 1 rings (SSSR count). The quantitative estimate of drug-likeness (QED) is 0.598. The largest absolute Gasteiger partial charge is 0.259 e. The fraction of sp³-hybridized carbons (Fsp3) is 0.200. The highest BCUT2D eigenvalue weighted by atomic mass is 32.2. The summed E-state index contributed by atoms with van der Waals surface area (Å²) in [6.07, 6.45) is 0. The minimum Gasteiger partial charge on any atom is -0.259 e. The van der Waals surface area contributed by atoms with E-state index in [1.807, 2.05) is 6.92 Å². The minimum atomic E-state index is -3.72. The van der Waals surface area contributed by atoms with E-state index < -0.39 is 20.5 Å². The van der Waals surface area contributed by atoms with Gasteiger partial charge in [0.1, 0.15) is 5.41 Å². The molecule has 0 atom stereocenters. The SMILES string of the molecule is CC(=CS(=O)(=O)c1ccc(C)cc1)[N+](=O)[O-]. The molecule has 0 aliphatic heterocycles. The van der Waals surface area contributed by atoms with Gasteiger partial charge in [-0.3, -0.25) is 10.1 Å². The fourth-order valence-corrected chi connectivity index (χ4v) is 2.25. The maximum Gasteiger partial charge on any atom is 0.254 e. The third-order valence-electron chi connectivity index (χ3n) is 1.96. The van der Waals surface area contributed by atoms with Crippen LogP contribution in [0.5, 0.6) is 0 Å². The van der Waals surface area contributed by atoms with Gasteiger partial charge < -0.3 is 0 Å². The first-order chi connectivity index (χ1) is 7.33. The van der Waals surface area contributed by atoms with Crippen LogP contribution in [0, 0.1) is 17.0 Å². The van der Waals surface area contributed by atoms with Crippen molar-refractivity contribution in [2.75, 3.05) is 0 Å². The number of nitrogens with zero attached hydrogens (tertiary/aromatic N) is 1. The van der Waals surface area contributed by atoms with Gasteiger partial charge in [0, 0.05) is 6.92 Å². The van der Waals surface area contributed by atoms with E-state index >= 15 is 0 Å². The van der Waals surface area contributed by atoms with Gasteiger partial charge >= 0.3 is 0 Å². The summed E-state index contributed by atoms with van der Waals surface area (Å²) in [6.45, 7) is 2.97. The van der Waals surface area contributed by atoms with Crippen molar-refractivity contribution in [2.24, 2.45) is 0 Å². The molecule has 5 nitrogen and oxygen atoms in total. The Hall–Kier alpha value is -1.69. The zero-order valence-corrected chi connectivity index (χ0v) is 9.69. The molecule has 1 aromatic carbocycles. The third-order valence-corrected chi connectivity index (χ3v) is 3.54. The van der Waals surface area contributed by atoms with Gasteiger partial charge in [-0.15, -0.1) is 0 Å². The number of allylic oxidation sites excluding steroid dienone is 1. The first-order valence-electron chi connectivity index (χ1n) is 4.47. The Morgan fingerprint density at radius 3 is 2.25 bits per heavy atom. The normalized spacial score (nSPS) is 12.5. The van der Waals surface area contributed by atoms with Gasteiger partial charge in [0.05, 0.1) is 9.82 Å². The molecular formula is C10H11NO4S. The molecule has 0 heterocycles. The van der Waals surface area contributed by atoms with E-state index in [-0.39, 0.29) is 4.90 Å². The van der Waals surface area contributed by atoms with Gasteiger partial charge in [-0.1, -0.05) is 17.7 Å². The van der Waals surface area contributed by atoms with Crippen LogP contribution in [0.3, 0.4) is 0 Å². The maximum atomic E-state index is 11.7. The molecule has 0 fully saturated rings. The molecule has 0 aliphatic carbocycles. The summed E-state index contributed by atoms with van der Waals surface area (Å²) in [6, 6.07) is 6.13. The Morgan fingerprint density at radius 2 is 1.81 bits per heavy atom. The van der Waals surface area contributed by atoms with E-state index in [4.69, 9.17) is 0 Å². The van der Waals surface area contributed by atoms with Crippen LogP contribution in [0.1, 0.15) is 12.5 Å². The van der Waals surface area contributed by atoms with Crippen molar-refractivity contribution in [3.05, 3.63) is 51.0 Å². The summed E-state index contributed by atoms with van der Waals surface area (Å²) < 4.78 is 23.4. The summed E-state index contributed by atoms with van der Waals surface area (Å²) >= 11 is 0. The average Bonchev–Trinajstić information content (AvgIpc) is 2.17. The van der Waals surface area contributed by atoms with Crippen molar-refractivity contribution >= 4 is 9.84 Å². The molecule has 0 N–H and O–H groups in total. The fourth-order valence-electron chi connectivity index (χ4n) is 1.06. The molecule has 0 unspecified atom stereocenters. The van der Waals surface area contributed by atoms with Crippen molar-refractivity contribution < 1.29 is 13.3 Å². The Morgan fingerprint density at radius 1 is 1.31 bits per heavy atom. The van der Waals surface area contributed by atoms with E-state index in [9.17, 15) is 18.5 Å². The molecule has 0 saturated heterocycles. The van der Waals surface area contributed by atoms with Crippen molar-refractivity contribution in [3.63, 3.8) is 0 Å². The first kappa shape index (κ1) is 12.4. The standard InChI is InChI=1S/C10H11NO4S/c1-8-3-5-10(6-4-8)16(14,15)7-9(2)11(12)13/h3-7H,1-2H3. The van der Waals surface area contributed by atoms with Crippen LogP contribution >= 0.6 is 0 Å². The number of benzene rings is 1. The van der Waals surface area contributed by atoms with E-state index in [0.29, 0.717) is 5.41 Å². The Bertz CT molecular complexity index is 528. The van der Waals surface area contributed by atoms with Gasteiger partial charge in [0.25, 0.3) is 5.70 Å². The average molecular weight is 241 g/mol. The Kier molecular flexibility index (Phi) is 3.44. The highest BCUT2D eigenvalue weighted by molar-refractivity contribution is 7.94. The number of nitro groups is 1. The molecule has 1 aromatic rings. The molecule has 0 radical (unpaired) electrons. The van der Waals surface area contributed by atoms with Crippen LogP contribution in [0.4, 0.5) is 0 Å². The van der Waals surface area contributed by atoms with Crippen molar-refractivity contribution in [3.8, 4) is 0 Å². The van der Waals surface area contributed by atoms with E-state index in [0.717, 1.165) is 12.5 Å². The van der Waals surface area contributed by atoms with E-state index in [1.165, 1.54) is 12.1 Å². The predicted octanol–water partition coefficient (Wildman–Crippen LogP) is 1.91. The van der Waals surface area contributed by atoms with Crippen LogP contribution in [-0.2, 0) is 9.84 Å². The van der Waals surface area contributed by atoms with Crippen LogP contribution in [-0.4, -0.2) is 13.3 Å². The highest BCUT2D eigenvalue weighted by Gasteiger charge is 2.15. The van der Waals surface area contributed by atoms with Gasteiger partial charge in [-0.25, -0.2) is 8.42 Å². The second-order valence-corrected chi connectivity index (χ2v) is 5.17. The Labute approximate surface area is 93.5 Å². The number of hydrogen-bond acceptors (Lipinski definition) is 4. The van der Waals surface area contributed by atoms with Gasteiger partial charge in [0.2, 0.25) is 9.84 Å². The van der Waals surface area contributed by atoms with Crippen molar-refractivity contribution in [1.29, 1.82) is 0 Å². The van der Waals surface area contributed by atoms with Crippen LogP contribution in [0.15, 0.2) is 40.3 Å². The van der Waals surface area contributed by atoms with Crippen LogP contribution in [0.25, 0.3) is 0 Å². The maximum absolute atomic E-state index is 11.7. The first-order valence-corrected chi connectivity index (χ1v) is 6.02. The molecule has 0 amide bonds. The van der Waals surface area contributed by atoms with E-state index in [1.54, 1.807) is 12.1 Å². The summed E-state index contributed by atoms with van der Waals surface area (Å²) in [5.74, 6) is 0. The van der Waals surface area contributed by atoms with Gasteiger partial charge in [0.15, 0.2) is 0 Å². The van der Waals surface area contributed by atoms with Crippen molar-refractivity contribution in [1.82, 2.24) is 0 Å². The number of sulfone groups is 1. The molecular weight excluding hydrogens is 230 g/mol. The summed E-state index contributed by atoms with van der Waals surface area (Å²) in [5, 5.41) is 11.0. The minimum absolute atomic E-state index is 0.0549. The van der Waals surface area contributed by atoms with Gasteiger partial charge in [-0.2, -0.15) is 0 Å². The molecule has 0 saturated carbocycles. The zero-order valence-electron chi connectivity index (χ0n) is 8.88. The number of aryl methyl sites for hydroxylation is 1. The molecule has 86 valence electrons. The lowest BCUT2D eigenvalue weighted by Crippen LogP contribution is -2.01. The topological polar surface area (TPSA) is 77.3 Å². The second kappa shape index (κ2) is 4.44. The van der Waals surface area contributed by atoms with Crippen LogP contribution < -0.4 is 0 Å². The lowest BCUT2D eigenvalue weighted by Gasteiger charge is -1.99. The molecule has 0 spiro atoms. The second-order valence-electron chi connectivity index (χ2n) is 3.37. The highest BCUT2D eigenvalue weighted by Crippen LogP contribution is 2.14. The third kappa shape index (κ3) is 2.90. The summed E-state index contributed by atoms with van der Waals surface area (Å²) in [7, 11) is -3.72. The molecule has 0 aliphatic rings. The van der Waals surface area contributed by atoms with Gasteiger partial charge in [-0.05, 0) is 19.1 Å². The smallest absolute Gasteiger partial charge is 0.254 e.